The summed E-state index contributed by atoms with van der Waals surface area (Å²) in [6.45, 7) is 0. The molecular weight excluding hydrogens is 277 g/mol. The molecule has 98 valence electrons. The molecule has 0 bridgehead atoms. The van der Waals surface area contributed by atoms with E-state index in [-0.39, 0.29) is 22.4 Å². The Bertz CT molecular complexity index is 815. The van der Waals surface area contributed by atoms with Gasteiger partial charge in [0, 0.05) is 5.56 Å². The van der Waals surface area contributed by atoms with Crippen molar-refractivity contribution in [3.8, 4) is 29.7 Å². The second-order valence-electron chi connectivity index (χ2n) is 3.72. The van der Waals surface area contributed by atoms with Crippen molar-refractivity contribution in [2.24, 2.45) is 0 Å². The minimum atomic E-state index is -0.670. The molecule has 2 rings (SSSR count). The lowest BCUT2D eigenvalue weighted by Crippen LogP contribution is -2.15. The molecule has 1 N–H and O–H groups in total. The lowest BCUT2D eigenvalue weighted by molar-refractivity contribution is 0.627. The highest BCUT2D eigenvalue weighted by molar-refractivity contribution is 7.98. The van der Waals surface area contributed by atoms with E-state index in [1.807, 2.05) is 0 Å². The van der Waals surface area contributed by atoms with Gasteiger partial charge in [-0.05, 0) is 18.4 Å². The summed E-state index contributed by atoms with van der Waals surface area (Å²) in [5, 5.41) is 9.36. The topological polar surface area (TPSA) is 69.5 Å². The van der Waals surface area contributed by atoms with Crippen LogP contribution in [0.1, 0.15) is 11.1 Å². The van der Waals surface area contributed by atoms with Gasteiger partial charge in [-0.1, -0.05) is 23.7 Å². The average Bonchev–Trinajstić information content (AvgIpc) is 2.46. The molecule has 0 atom stereocenters. The van der Waals surface area contributed by atoms with Crippen molar-refractivity contribution in [3.63, 3.8) is 0 Å². The second-order valence-corrected chi connectivity index (χ2v) is 4.52. The summed E-state index contributed by atoms with van der Waals surface area (Å²) >= 11 is 1.19. The molecule has 0 spiro atoms. The molecule has 0 amide bonds. The maximum Gasteiger partial charge on any atom is 0.270 e. The number of aromatic amines is 1. The molecule has 0 fully saturated rings. The van der Waals surface area contributed by atoms with Crippen molar-refractivity contribution in [2.75, 3.05) is 6.26 Å². The van der Waals surface area contributed by atoms with E-state index in [0.717, 1.165) is 0 Å². The zero-order valence-corrected chi connectivity index (χ0v) is 11.2. The Morgan fingerprint density at radius 3 is 2.85 bits per heavy atom. The molecule has 6 heteroatoms. The summed E-state index contributed by atoms with van der Waals surface area (Å²) in [6.07, 6.45) is 6.92. The highest BCUT2D eigenvalue weighted by atomic mass is 32.2. The molecule has 0 aliphatic heterocycles. The van der Waals surface area contributed by atoms with Gasteiger partial charge in [0.05, 0.1) is 11.3 Å². The molecule has 2 aromatic rings. The van der Waals surface area contributed by atoms with Crippen LogP contribution < -0.4 is 5.56 Å². The van der Waals surface area contributed by atoms with Crippen LogP contribution in [-0.2, 0) is 0 Å². The molecule has 4 nitrogen and oxygen atoms in total. The van der Waals surface area contributed by atoms with Gasteiger partial charge in [0.2, 0.25) is 0 Å². The normalized spacial score (nSPS) is 9.80. The third kappa shape index (κ3) is 2.29. The standard InChI is InChI=1S/C14H8FN3OS/c1-3-8-5-4-6-9(11(8)15)12-10(7-16)13(19)18-14(17-12)20-2/h1,4-6H,2H3,(H,17,18,19). The molecule has 0 aliphatic carbocycles. The van der Waals surface area contributed by atoms with Crippen LogP contribution in [0.25, 0.3) is 11.3 Å². The van der Waals surface area contributed by atoms with Gasteiger partial charge in [0.1, 0.15) is 17.4 Å². The van der Waals surface area contributed by atoms with Crippen LogP contribution >= 0.6 is 11.8 Å². The van der Waals surface area contributed by atoms with Crippen LogP contribution in [0.4, 0.5) is 4.39 Å². The lowest BCUT2D eigenvalue weighted by Gasteiger charge is -2.07. The fourth-order valence-electron chi connectivity index (χ4n) is 1.67. The van der Waals surface area contributed by atoms with Crippen LogP contribution in [0.2, 0.25) is 0 Å². The molecule has 0 unspecified atom stereocenters. The molecule has 1 aromatic heterocycles. The smallest absolute Gasteiger partial charge is 0.270 e. The number of hydrogen-bond donors (Lipinski definition) is 1. The van der Waals surface area contributed by atoms with Gasteiger partial charge in [0.15, 0.2) is 5.16 Å². The van der Waals surface area contributed by atoms with E-state index in [1.165, 1.54) is 23.9 Å². The van der Waals surface area contributed by atoms with Crippen molar-refractivity contribution in [3.05, 3.63) is 45.5 Å². The number of rotatable bonds is 2. The largest absolute Gasteiger partial charge is 0.300 e. The summed E-state index contributed by atoms with van der Waals surface area (Å²) in [5.74, 6) is 1.54. The number of hydrogen-bond acceptors (Lipinski definition) is 4. The number of nitriles is 1. The van der Waals surface area contributed by atoms with E-state index in [9.17, 15) is 9.18 Å². The monoisotopic (exact) mass is 285 g/mol. The minimum Gasteiger partial charge on any atom is -0.300 e. The van der Waals surface area contributed by atoms with Gasteiger partial charge >= 0.3 is 0 Å². The van der Waals surface area contributed by atoms with Crippen molar-refractivity contribution in [1.29, 1.82) is 5.26 Å². The highest BCUT2D eigenvalue weighted by Crippen LogP contribution is 2.25. The quantitative estimate of drug-likeness (QED) is 0.521. The summed E-state index contributed by atoms with van der Waals surface area (Å²) in [7, 11) is 0. The molecule has 0 saturated heterocycles. The first-order valence-corrected chi connectivity index (χ1v) is 6.68. The number of nitrogens with one attached hydrogen (secondary N) is 1. The fraction of sp³-hybridized carbons (Fsp3) is 0.0714. The van der Waals surface area contributed by atoms with E-state index < -0.39 is 11.4 Å². The summed E-state index contributed by atoms with van der Waals surface area (Å²) in [5.41, 5.74) is -0.754. The van der Waals surface area contributed by atoms with Gasteiger partial charge in [0.25, 0.3) is 5.56 Å². The third-order valence-electron chi connectivity index (χ3n) is 2.61. The Morgan fingerprint density at radius 1 is 1.50 bits per heavy atom. The number of terminal acetylenes is 1. The average molecular weight is 285 g/mol. The number of benzene rings is 1. The lowest BCUT2D eigenvalue weighted by atomic mass is 10.0. The van der Waals surface area contributed by atoms with Gasteiger partial charge in [-0.25, -0.2) is 9.37 Å². The maximum absolute atomic E-state index is 14.2. The van der Waals surface area contributed by atoms with Crippen LogP contribution in [0, 0.1) is 29.5 Å². The first-order valence-electron chi connectivity index (χ1n) is 5.46. The van der Waals surface area contributed by atoms with Crippen LogP contribution in [-0.4, -0.2) is 16.2 Å². The molecule has 0 saturated carbocycles. The number of thioether (sulfide) groups is 1. The SMILES string of the molecule is C#Cc1cccc(-c2nc(SC)[nH]c(=O)c2C#N)c1F. The maximum atomic E-state index is 14.2. The first kappa shape index (κ1) is 13.9. The van der Waals surface area contributed by atoms with Gasteiger partial charge in [-0.2, -0.15) is 5.26 Å². The van der Waals surface area contributed by atoms with Gasteiger partial charge in [-0.15, -0.1) is 6.42 Å². The summed E-state index contributed by atoms with van der Waals surface area (Å²) in [4.78, 5) is 18.3. The Hall–Kier alpha value is -2.57. The third-order valence-corrected chi connectivity index (χ3v) is 3.19. The zero-order chi connectivity index (χ0) is 14.7. The van der Waals surface area contributed by atoms with Crippen molar-refractivity contribution in [1.82, 2.24) is 9.97 Å². The fourth-order valence-corrected chi connectivity index (χ4v) is 2.05. The molecule has 20 heavy (non-hydrogen) atoms. The van der Waals surface area contributed by atoms with E-state index >= 15 is 0 Å². The van der Waals surface area contributed by atoms with Crippen LogP contribution in [0.3, 0.4) is 0 Å². The Labute approximate surface area is 118 Å². The van der Waals surface area contributed by atoms with Crippen LogP contribution in [0.15, 0.2) is 28.2 Å². The number of aromatic nitrogens is 2. The Balaban J connectivity index is 2.83. The van der Waals surface area contributed by atoms with Gasteiger partial charge < -0.3 is 4.98 Å². The molecule has 1 aromatic carbocycles. The predicted molar refractivity (Wildman–Crippen MR) is 74.7 cm³/mol. The van der Waals surface area contributed by atoms with Crippen molar-refractivity contribution < 1.29 is 4.39 Å². The molecule has 0 radical (unpaired) electrons. The predicted octanol–water partition coefficient (Wildman–Crippen LogP) is 2.15. The zero-order valence-electron chi connectivity index (χ0n) is 10.4. The summed E-state index contributed by atoms with van der Waals surface area (Å²) < 4.78 is 14.2. The molecule has 1 heterocycles. The van der Waals surface area contributed by atoms with Crippen molar-refractivity contribution in [2.45, 2.75) is 5.16 Å². The summed E-state index contributed by atoms with van der Waals surface area (Å²) in [6, 6.07) is 6.17. The van der Waals surface area contributed by atoms with Crippen LogP contribution in [0.5, 0.6) is 0 Å². The molecule has 0 aliphatic rings. The van der Waals surface area contributed by atoms with E-state index in [4.69, 9.17) is 11.7 Å². The highest BCUT2D eigenvalue weighted by Gasteiger charge is 2.17. The van der Waals surface area contributed by atoms with E-state index in [2.05, 4.69) is 15.9 Å². The van der Waals surface area contributed by atoms with Gasteiger partial charge in [-0.3, -0.25) is 4.79 Å². The minimum absolute atomic E-state index is 0.00444. The molecular formula is C14H8FN3OS. The Kier molecular flexibility index (Phi) is 3.88. The first-order chi connectivity index (χ1) is 9.62. The second kappa shape index (κ2) is 5.60. The van der Waals surface area contributed by atoms with Crippen molar-refractivity contribution >= 4 is 11.8 Å². The Morgan fingerprint density at radius 2 is 2.25 bits per heavy atom. The van der Waals surface area contributed by atoms with E-state index in [1.54, 1.807) is 18.4 Å². The number of nitrogens with zero attached hydrogens (tertiary/aromatic N) is 2. The van der Waals surface area contributed by atoms with E-state index in [0.29, 0.717) is 5.16 Å². The number of H-pyrrole nitrogens is 1. The number of halogens is 1.